The van der Waals surface area contributed by atoms with Crippen LogP contribution in [0.4, 0.5) is 13.2 Å². The summed E-state index contributed by atoms with van der Waals surface area (Å²) in [6.07, 6.45) is 1.03. The van der Waals surface area contributed by atoms with Gasteiger partial charge in [-0.2, -0.15) is 0 Å². The van der Waals surface area contributed by atoms with Gasteiger partial charge in [-0.15, -0.1) is 0 Å². The number of ether oxygens (including phenoxy) is 1. The number of thioether (sulfide) groups is 1. The van der Waals surface area contributed by atoms with Crippen LogP contribution in [0, 0.1) is 34.5 Å². The molecule has 5 aliphatic rings. The predicted octanol–water partition coefficient (Wildman–Crippen LogP) is 4.99. The second-order valence-electron chi connectivity index (χ2n) is 12.0. The highest BCUT2D eigenvalue weighted by molar-refractivity contribution is 8.13. The van der Waals surface area contributed by atoms with Crippen molar-refractivity contribution in [3.63, 3.8) is 0 Å². The number of ketones is 1. The lowest BCUT2D eigenvalue weighted by molar-refractivity contribution is -0.230. The maximum Gasteiger partial charge on any atom is 0.310 e. The Labute approximate surface area is 219 Å². The van der Waals surface area contributed by atoms with E-state index in [0.717, 1.165) is 11.6 Å². The smallest absolute Gasteiger partial charge is 0.310 e. The molecular formula is C28H33F3O5S. The van der Waals surface area contributed by atoms with E-state index in [9.17, 15) is 23.9 Å². The number of aliphatic hydroxyl groups is 1. The van der Waals surface area contributed by atoms with Gasteiger partial charge in [0.15, 0.2) is 17.1 Å². The van der Waals surface area contributed by atoms with Crippen LogP contribution in [-0.4, -0.2) is 51.5 Å². The van der Waals surface area contributed by atoms with Gasteiger partial charge < -0.3 is 9.84 Å². The Balaban J connectivity index is 1.60. The molecule has 0 spiro atoms. The molecule has 5 nitrogen and oxygen atoms in total. The van der Waals surface area contributed by atoms with Crippen LogP contribution >= 0.6 is 11.8 Å². The molecule has 1 N–H and O–H groups in total. The monoisotopic (exact) mass is 538 g/mol. The first-order chi connectivity index (χ1) is 17.3. The van der Waals surface area contributed by atoms with E-state index < -0.39 is 80.9 Å². The van der Waals surface area contributed by atoms with Crippen molar-refractivity contribution in [1.29, 1.82) is 0 Å². The molecule has 0 bridgehead atoms. The number of hydrogen-bond donors (Lipinski definition) is 1. The Bertz CT molecular complexity index is 1130. The summed E-state index contributed by atoms with van der Waals surface area (Å²) in [6.45, 7) is 8.76. The minimum Gasteiger partial charge on any atom is -0.449 e. The van der Waals surface area contributed by atoms with Crippen molar-refractivity contribution >= 4 is 28.6 Å². The van der Waals surface area contributed by atoms with Crippen LogP contribution in [-0.2, 0) is 19.1 Å². The molecule has 0 radical (unpaired) electrons. The molecule has 0 aromatic rings. The average molecular weight is 539 g/mol. The highest BCUT2D eigenvalue weighted by Gasteiger charge is 2.78. The number of aliphatic hydroxyl groups excluding tert-OH is 1. The number of carbonyl (C=O) groups excluding carboxylic acids is 3. The van der Waals surface area contributed by atoms with Crippen molar-refractivity contribution in [1.82, 2.24) is 0 Å². The third kappa shape index (κ3) is 3.31. The van der Waals surface area contributed by atoms with E-state index in [1.807, 2.05) is 0 Å². The van der Waals surface area contributed by atoms with Crippen LogP contribution < -0.4 is 0 Å². The minimum absolute atomic E-state index is 0.0133. The van der Waals surface area contributed by atoms with Gasteiger partial charge in [0.05, 0.1) is 12.0 Å². The van der Waals surface area contributed by atoms with Crippen LogP contribution in [0.15, 0.2) is 36.0 Å². The highest BCUT2D eigenvalue weighted by atomic mass is 32.2. The van der Waals surface area contributed by atoms with Crippen LogP contribution in [0.25, 0.3) is 0 Å². The summed E-state index contributed by atoms with van der Waals surface area (Å²) < 4.78 is 52.6. The standard InChI is InChI=1S/C28H33F3O5S/c1-14-7-16(8-14)23(34)36-28(24(35)37-13-29)15(2)9-18-19-11-21(30)20-10-17(32)5-6-25(20,3)27(19,31)22(33)12-26(18,28)4/h5-6,10,15-16,18-19,21-22,33H,1,7-9,11-13H2,2-4H3/t15-,18+,19+,21+,22+,25+,26+,27+,28+/m1/s1. The Morgan fingerprint density at radius 3 is 2.54 bits per heavy atom. The fourth-order valence-electron chi connectivity index (χ4n) is 8.42. The van der Waals surface area contributed by atoms with E-state index in [0.29, 0.717) is 24.6 Å². The first kappa shape index (κ1) is 26.7. The molecule has 4 fully saturated rings. The molecule has 0 aliphatic heterocycles. The molecule has 202 valence electrons. The molecule has 0 saturated heterocycles. The molecule has 0 heterocycles. The van der Waals surface area contributed by atoms with Crippen molar-refractivity contribution in [3.05, 3.63) is 36.0 Å². The third-order valence-corrected chi connectivity index (χ3v) is 11.0. The fraction of sp³-hybridized carbons (Fsp3) is 0.679. The molecule has 9 heteroatoms. The molecule has 4 saturated carbocycles. The summed E-state index contributed by atoms with van der Waals surface area (Å²) in [6, 6.07) is -1.03. The maximum atomic E-state index is 17.4. The summed E-state index contributed by atoms with van der Waals surface area (Å²) in [5.74, 6) is -3.74. The number of rotatable bonds is 4. The number of halogens is 3. The zero-order valence-corrected chi connectivity index (χ0v) is 22.1. The molecule has 5 rings (SSSR count). The van der Waals surface area contributed by atoms with Gasteiger partial charge in [-0.25, -0.2) is 13.2 Å². The lowest BCUT2D eigenvalue weighted by Crippen LogP contribution is -2.70. The number of hydrogen-bond acceptors (Lipinski definition) is 6. The van der Waals surface area contributed by atoms with E-state index in [1.54, 1.807) is 13.8 Å². The van der Waals surface area contributed by atoms with Crippen LogP contribution in [0.3, 0.4) is 0 Å². The summed E-state index contributed by atoms with van der Waals surface area (Å²) >= 11 is 0.406. The SMILES string of the molecule is C=C1CC(C(=O)O[C@]2(C(=O)SCF)[C@H](C)C[C@H]3[C@@H]4C[C@H](F)C5=CC(=O)C=C[C@]5(C)[C@@]4(F)[C@@H](O)C[C@@]32C)C1. The zero-order valence-electron chi connectivity index (χ0n) is 21.3. The number of esters is 1. The molecule has 0 unspecified atom stereocenters. The summed E-state index contributed by atoms with van der Waals surface area (Å²) in [4.78, 5) is 38.8. The van der Waals surface area contributed by atoms with Gasteiger partial charge in [0.2, 0.25) is 5.12 Å². The minimum atomic E-state index is -2.31. The zero-order chi connectivity index (χ0) is 27.1. The van der Waals surface area contributed by atoms with Crippen molar-refractivity contribution in [3.8, 4) is 0 Å². The number of carbonyl (C=O) groups is 3. The van der Waals surface area contributed by atoms with E-state index in [4.69, 9.17) is 4.74 Å². The topological polar surface area (TPSA) is 80.7 Å². The number of fused-ring (bicyclic) bond motifs is 5. The quantitative estimate of drug-likeness (QED) is 0.402. The first-order valence-electron chi connectivity index (χ1n) is 12.8. The Hall–Kier alpha value is -1.87. The summed E-state index contributed by atoms with van der Waals surface area (Å²) in [5.41, 5.74) is -6.02. The second kappa shape index (κ2) is 8.57. The van der Waals surface area contributed by atoms with Crippen molar-refractivity contribution in [2.75, 3.05) is 6.01 Å². The average Bonchev–Trinajstić information content (AvgIpc) is 3.02. The second-order valence-corrected chi connectivity index (χ2v) is 12.9. The largest absolute Gasteiger partial charge is 0.449 e. The lowest BCUT2D eigenvalue weighted by Gasteiger charge is -2.63. The van der Waals surface area contributed by atoms with E-state index in [-0.39, 0.29) is 24.8 Å². The van der Waals surface area contributed by atoms with Crippen molar-refractivity contribution in [2.24, 2.45) is 34.5 Å². The van der Waals surface area contributed by atoms with Gasteiger partial charge >= 0.3 is 5.97 Å². The van der Waals surface area contributed by atoms with Crippen LogP contribution in [0.2, 0.25) is 0 Å². The molecule has 9 atom stereocenters. The van der Waals surface area contributed by atoms with Gasteiger partial charge in [-0.1, -0.05) is 32.1 Å². The summed E-state index contributed by atoms with van der Waals surface area (Å²) in [5, 5.41) is 10.8. The number of allylic oxidation sites excluding steroid dienone is 5. The normalized spacial score (nSPS) is 46.9. The molecule has 5 aliphatic carbocycles. The lowest BCUT2D eigenvalue weighted by atomic mass is 9.44. The Morgan fingerprint density at radius 2 is 1.92 bits per heavy atom. The van der Waals surface area contributed by atoms with E-state index >= 15 is 8.78 Å². The predicted molar refractivity (Wildman–Crippen MR) is 132 cm³/mol. The molecule has 0 amide bonds. The van der Waals surface area contributed by atoms with Crippen LogP contribution in [0.5, 0.6) is 0 Å². The van der Waals surface area contributed by atoms with Crippen molar-refractivity contribution in [2.45, 2.75) is 76.4 Å². The molecule has 0 aromatic heterocycles. The van der Waals surface area contributed by atoms with E-state index in [1.165, 1.54) is 19.1 Å². The van der Waals surface area contributed by atoms with Gasteiger partial charge in [-0.3, -0.25) is 14.4 Å². The van der Waals surface area contributed by atoms with Crippen molar-refractivity contribution < 1.29 is 37.4 Å². The van der Waals surface area contributed by atoms with Crippen LogP contribution in [0.1, 0.15) is 52.9 Å². The third-order valence-electron chi connectivity index (χ3n) is 10.3. The Kier molecular flexibility index (Phi) is 6.19. The van der Waals surface area contributed by atoms with Gasteiger partial charge in [0.25, 0.3) is 0 Å². The molecule has 37 heavy (non-hydrogen) atoms. The first-order valence-corrected chi connectivity index (χ1v) is 13.8. The van der Waals surface area contributed by atoms with Gasteiger partial charge in [0, 0.05) is 22.7 Å². The molecule has 0 aromatic carbocycles. The van der Waals surface area contributed by atoms with Gasteiger partial charge in [0.1, 0.15) is 12.2 Å². The van der Waals surface area contributed by atoms with E-state index in [2.05, 4.69) is 6.58 Å². The fourth-order valence-corrected chi connectivity index (χ4v) is 9.21. The summed E-state index contributed by atoms with van der Waals surface area (Å²) in [7, 11) is 0. The highest BCUT2D eigenvalue weighted by Crippen LogP contribution is 2.72. The van der Waals surface area contributed by atoms with Gasteiger partial charge in [-0.05, 0) is 74.4 Å². The maximum absolute atomic E-state index is 17.4. The number of alkyl halides is 3. The Morgan fingerprint density at radius 1 is 1.24 bits per heavy atom. The molecular weight excluding hydrogens is 505 g/mol.